The number of carbonyl (C=O) groups excluding carboxylic acids is 1. The molecule has 246 valence electrons. The zero-order valence-corrected chi connectivity index (χ0v) is 23.7. The van der Waals surface area contributed by atoms with Gasteiger partial charge in [0, 0.05) is 31.6 Å². The Labute approximate surface area is 252 Å². The number of hydrogen-bond acceptors (Lipinski definition) is 15. The molecule has 3 aliphatic heterocycles. The summed E-state index contributed by atoms with van der Waals surface area (Å²) in [5.41, 5.74) is 0.408. The van der Waals surface area contributed by atoms with Gasteiger partial charge in [-0.15, -0.1) is 6.58 Å². The number of carboxylic acids is 1. The van der Waals surface area contributed by atoms with Crippen molar-refractivity contribution in [3.8, 4) is 0 Å². The maximum absolute atomic E-state index is 13.1. The molecule has 9 N–H and O–H groups in total. The van der Waals surface area contributed by atoms with Crippen molar-refractivity contribution in [3.05, 3.63) is 60.1 Å². The molecule has 0 radical (unpaired) electrons. The molecule has 16 heteroatoms. The van der Waals surface area contributed by atoms with E-state index in [0.29, 0.717) is 5.57 Å². The molecule has 0 bridgehead atoms. The predicted octanol–water partition coefficient (Wildman–Crippen LogP) is -3.17. The largest absolute Gasteiger partial charge is 0.478 e. The minimum atomic E-state index is -3.12. The molecule has 0 aliphatic carbocycles. The third-order valence-corrected chi connectivity index (χ3v) is 7.26. The van der Waals surface area contributed by atoms with E-state index in [1.807, 2.05) is 0 Å². The fraction of sp³-hybridized carbons (Fsp3) is 0.571. The Kier molecular flexibility index (Phi) is 12.6. The Hall–Kier alpha value is -3.16. The number of hydrogen-bond donors (Lipinski definition) is 9. The van der Waals surface area contributed by atoms with Crippen molar-refractivity contribution in [2.45, 2.75) is 49.2 Å². The molecule has 3 aliphatic rings. The lowest BCUT2D eigenvalue weighted by molar-refractivity contribution is -0.404. The SMILES string of the molecule is C=CC1C(OC2OC(CO)C(O)C(O)(O)C2O)OC=C(C(=O)OCCC(O)CO)C1C=CC1=CC(C(=O)O)=CN(CCO)C1. The Morgan fingerprint density at radius 1 is 1.18 bits per heavy atom. The topological polar surface area (TPSA) is 256 Å². The first-order chi connectivity index (χ1) is 20.9. The van der Waals surface area contributed by atoms with Crippen LogP contribution in [-0.2, 0) is 28.5 Å². The standard InChI is InChI=1S/C28H39NO15/c1-2-18-19(4-3-15-9-16(24(36)37)11-29(10-15)6-7-30)20(25(38)41-8-5-17(33)12-31)14-42-26(18)44-27-23(35)28(39,40)22(34)21(13-32)43-27/h2-4,9,11,14,17-19,21-23,26-27,30-35,39-40H,1,5-8,10,12-13H2,(H,36,37). The van der Waals surface area contributed by atoms with Crippen molar-refractivity contribution in [1.82, 2.24) is 4.90 Å². The molecule has 3 rings (SSSR count). The first kappa shape index (κ1) is 35.3. The van der Waals surface area contributed by atoms with Crippen molar-refractivity contribution in [2.24, 2.45) is 11.8 Å². The average Bonchev–Trinajstić information content (AvgIpc) is 3.00. The number of ether oxygens (including phenoxy) is 4. The third kappa shape index (κ3) is 8.30. The van der Waals surface area contributed by atoms with Crippen LogP contribution in [-0.4, -0.2) is 145 Å². The van der Waals surface area contributed by atoms with E-state index in [0.717, 1.165) is 6.26 Å². The lowest BCUT2D eigenvalue weighted by atomic mass is 9.83. The Bertz CT molecular complexity index is 1150. The van der Waals surface area contributed by atoms with Crippen molar-refractivity contribution < 1.29 is 74.5 Å². The number of aliphatic hydroxyl groups is 8. The van der Waals surface area contributed by atoms with Gasteiger partial charge in [0.25, 0.3) is 0 Å². The van der Waals surface area contributed by atoms with Gasteiger partial charge in [-0.3, -0.25) is 0 Å². The van der Waals surface area contributed by atoms with Crippen LogP contribution in [0.3, 0.4) is 0 Å². The summed E-state index contributed by atoms with van der Waals surface area (Å²) >= 11 is 0. The van der Waals surface area contributed by atoms with Gasteiger partial charge in [0.1, 0.15) is 12.2 Å². The molecule has 44 heavy (non-hydrogen) atoms. The van der Waals surface area contributed by atoms with Gasteiger partial charge in [0.2, 0.25) is 12.1 Å². The Morgan fingerprint density at radius 2 is 1.91 bits per heavy atom. The quantitative estimate of drug-likeness (QED) is 0.0521. The zero-order chi connectivity index (χ0) is 32.6. The molecule has 0 aromatic rings. The summed E-state index contributed by atoms with van der Waals surface area (Å²) in [5.74, 6) is -7.06. The summed E-state index contributed by atoms with van der Waals surface area (Å²) in [6, 6.07) is 0. The average molecular weight is 630 g/mol. The highest BCUT2D eigenvalue weighted by Crippen LogP contribution is 2.37. The van der Waals surface area contributed by atoms with E-state index in [1.165, 1.54) is 24.4 Å². The number of aliphatic hydroxyl groups excluding tert-OH is 6. The van der Waals surface area contributed by atoms with Gasteiger partial charge in [-0.05, 0) is 11.6 Å². The number of rotatable bonds is 14. The molecule has 0 aromatic carbocycles. The monoisotopic (exact) mass is 629 g/mol. The molecular weight excluding hydrogens is 590 g/mol. The van der Waals surface area contributed by atoms with E-state index >= 15 is 0 Å². The first-order valence-electron chi connectivity index (χ1n) is 13.7. The van der Waals surface area contributed by atoms with E-state index in [1.54, 1.807) is 11.0 Å². The maximum Gasteiger partial charge on any atom is 0.337 e. The fourth-order valence-corrected chi connectivity index (χ4v) is 4.77. The van der Waals surface area contributed by atoms with Crippen LogP contribution in [0.15, 0.2) is 60.1 Å². The van der Waals surface area contributed by atoms with Crippen molar-refractivity contribution >= 4 is 11.9 Å². The highest BCUT2D eigenvalue weighted by molar-refractivity contribution is 5.90. The van der Waals surface area contributed by atoms with Crippen LogP contribution in [0.4, 0.5) is 0 Å². The molecule has 16 nitrogen and oxygen atoms in total. The molecule has 0 amide bonds. The van der Waals surface area contributed by atoms with Crippen LogP contribution in [0.2, 0.25) is 0 Å². The summed E-state index contributed by atoms with van der Waals surface area (Å²) in [6.45, 7) is 2.29. The number of aliphatic carboxylic acids is 1. The van der Waals surface area contributed by atoms with Gasteiger partial charge in [-0.1, -0.05) is 18.2 Å². The van der Waals surface area contributed by atoms with Crippen molar-refractivity contribution in [1.29, 1.82) is 0 Å². The second kappa shape index (κ2) is 15.7. The zero-order valence-electron chi connectivity index (χ0n) is 23.7. The molecule has 1 fully saturated rings. The van der Waals surface area contributed by atoms with Gasteiger partial charge in [-0.25, -0.2) is 9.59 Å². The second-order valence-electron chi connectivity index (χ2n) is 10.4. The van der Waals surface area contributed by atoms with Gasteiger partial charge >= 0.3 is 11.9 Å². The minimum absolute atomic E-state index is 0.0454. The number of allylic oxidation sites excluding steroid dienone is 1. The van der Waals surface area contributed by atoms with Gasteiger partial charge < -0.3 is 69.8 Å². The second-order valence-corrected chi connectivity index (χ2v) is 10.4. The first-order valence-corrected chi connectivity index (χ1v) is 13.7. The van der Waals surface area contributed by atoms with Crippen LogP contribution in [0.25, 0.3) is 0 Å². The van der Waals surface area contributed by atoms with E-state index in [2.05, 4.69) is 6.58 Å². The van der Waals surface area contributed by atoms with Crippen LogP contribution < -0.4 is 0 Å². The molecular formula is C28H39NO15. The Morgan fingerprint density at radius 3 is 2.52 bits per heavy atom. The van der Waals surface area contributed by atoms with Crippen LogP contribution in [0, 0.1) is 11.8 Å². The maximum atomic E-state index is 13.1. The molecule has 0 aromatic heterocycles. The van der Waals surface area contributed by atoms with Gasteiger partial charge in [0.05, 0.1) is 55.9 Å². The van der Waals surface area contributed by atoms with Crippen LogP contribution in [0.5, 0.6) is 0 Å². The molecule has 1 saturated heterocycles. The number of carboxylic acid groups (broad SMARTS) is 1. The molecule has 8 atom stereocenters. The normalized spacial score (nSPS) is 31.0. The summed E-state index contributed by atoms with van der Waals surface area (Å²) < 4.78 is 21.9. The molecule has 0 saturated carbocycles. The number of nitrogens with zero attached hydrogens (tertiary/aromatic N) is 1. The highest BCUT2D eigenvalue weighted by Gasteiger charge is 2.56. The number of β-amino-alcohol motifs (C(OH)–C–C–N with tert-alkyl or cyclic N) is 1. The Balaban J connectivity index is 1.92. The molecule has 3 heterocycles. The number of carbonyl (C=O) groups is 2. The van der Waals surface area contributed by atoms with Crippen LogP contribution >= 0.6 is 0 Å². The summed E-state index contributed by atoms with van der Waals surface area (Å²) in [5, 5.41) is 87.9. The molecule has 8 unspecified atom stereocenters. The summed E-state index contributed by atoms with van der Waals surface area (Å²) in [7, 11) is 0. The number of esters is 1. The van der Waals surface area contributed by atoms with E-state index in [4.69, 9.17) is 24.1 Å². The lowest BCUT2D eigenvalue weighted by Gasteiger charge is -2.46. The highest BCUT2D eigenvalue weighted by atomic mass is 16.8. The van der Waals surface area contributed by atoms with E-state index in [-0.39, 0.29) is 43.9 Å². The smallest absolute Gasteiger partial charge is 0.337 e. The minimum Gasteiger partial charge on any atom is -0.478 e. The van der Waals surface area contributed by atoms with Crippen molar-refractivity contribution in [3.63, 3.8) is 0 Å². The summed E-state index contributed by atoms with van der Waals surface area (Å²) in [4.78, 5) is 26.3. The van der Waals surface area contributed by atoms with Gasteiger partial charge in [-0.2, -0.15) is 0 Å². The van der Waals surface area contributed by atoms with E-state index < -0.39 is 79.8 Å². The van der Waals surface area contributed by atoms with Crippen molar-refractivity contribution in [2.75, 3.05) is 39.5 Å². The van der Waals surface area contributed by atoms with Crippen LogP contribution in [0.1, 0.15) is 6.42 Å². The van der Waals surface area contributed by atoms with Gasteiger partial charge in [0.15, 0.2) is 12.4 Å². The third-order valence-electron chi connectivity index (χ3n) is 7.26. The lowest BCUT2D eigenvalue weighted by Crippen LogP contribution is -2.68. The predicted molar refractivity (Wildman–Crippen MR) is 146 cm³/mol. The fourth-order valence-electron chi connectivity index (χ4n) is 4.77. The summed E-state index contributed by atoms with van der Waals surface area (Å²) in [6.07, 6.45) is -1.98. The van der Waals surface area contributed by atoms with E-state index in [9.17, 15) is 50.4 Å². The molecule has 0 spiro atoms.